The zero-order valence-corrected chi connectivity index (χ0v) is 16.9. The van der Waals surface area contributed by atoms with Gasteiger partial charge >= 0.3 is 5.97 Å². The number of halogens is 1. The molecule has 0 atom stereocenters. The second-order valence-electron chi connectivity index (χ2n) is 6.21. The molecule has 6 nitrogen and oxygen atoms in total. The van der Waals surface area contributed by atoms with Crippen LogP contribution in [0.25, 0.3) is 5.69 Å². The minimum absolute atomic E-state index is 0.135. The van der Waals surface area contributed by atoms with Crippen molar-refractivity contribution in [2.75, 3.05) is 33.9 Å². The molecule has 0 unspecified atom stereocenters. The molecule has 0 saturated heterocycles. The molecule has 0 aliphatic heterocycles. The van der Waals surface area contributed by atoms with Crippen LogP contribution in [0.3, 0.4) is 0 Å². The molecule has 7 heteroatoms. The van der Waals surface area contributed by atoms with Crippen LogP contribution in [-0.4, -0.2) is 55.3 Å². The van der Waals surface area contributed by atoms with E-state index < -0.39 is 0 Å². The Labute approximate surface area is 164 Å². The molecule has 2 aromatic rings. The maximum absolute atomic E-state index is 13.1. The van der Waals surface area contributed by atoms with Gasteiger partial charge in [-0.15, -0.1) is 0 Å². The fourth-order valence-electron chi connectivity index (χ4n) is 2.98. The zero-order valence-electron chi connectivity index (χ0n) is 16.1. The van der Waals surface area contributed by atoms with E-state index in [2.05, 4.69) is 4.74 Å². The predicted octanol–water partition coefficient (Wildman–Crippen LogP) is 3.40. The Kier molecular flexibility index (Phi) is 7.45. The van der Waals surface area contributed by atoms with Crippen molar-refractivity contribution < 1.29 is 19.1 Å². The van der Waals surface area contributed by atoms with E-state index in [0.29, 0.717) is 23.7 Å². The molecule has 1 heterocycles. The standard InChI is InChI=1S/C20H25ClN2O4/c1-14-13-18(15(2)23(14)17-7-5-16(21)6-8-17)20(25)22(11-12-26-3)10-9-19(24)27-4/h5-8,13H,9-12H2,1-4H3. The van der Waals surface area contributed by atoms with Crippen molar-refractivity contribution in [2.45, 2.75) is 20.3 Å². The van der Waals surface area contributed by atoms with Crippen LogP contribution in [0.1, 0.15) is 28.2 Å². The van der Waals surface area contributed by atoms with E-state index in [1.54, 1.807) is 12.0 Å². The summed E-state index contributed by atoms with van der Waals surface area (Å²) >= 11 is 5.98. The molecule has 146 valence electrons. The molecule has 0 saturated carbocycles. The van der Waals surface area contributed by atoms with Crippen LogP contribution >= 0.6 is 11.6 Å². The lowest BCUT2D eigenvalue weighted by molar-refractivity contribution is -0.140. The number of rotatable bonds is 8. The van der Waals surface area contributed by atoms with E-state index in [1.807, 2.05) is 48.7 Å². The lowest BCUT2D eigenvalue weighted by atomic mass is 10.2. The van der Waals surface area contributed by atoms with Crippen molar-refractivity contribution in [1.29, 1.82) is 0 Å². The Morgan fingerprint density at radius 3 is 2.37 bits per heavy atom. The van der Waals surface area contributed by atoms with Gasteiger partial charge in [-0.05, 0) is 44.2 Å². The summed E-state index contributed by atoms with van der Waals surface area (Å²) in [6.07, 6.45) is 0.141. The quantitative estimate of drug-likeness (QED) is 0.646. The summed E-state index contributed by atoms with van der Waals surface area (Å²) < 4.78 is 11.8. The molecule has 1 aromatic carbocycles. The summed E-state index contributed by atoms with van der Waals surface area (Å²) in [5.41, 5.74) is 3.31. The van der Waals surface area contributed by atoms with Gasteiger partial charge in [0.05, 0.1) is 25.7 Å². The van der Waals surface area contributed by atoms with Gasteiger partial charge in [0, 0.05) is 42.3 Å². The van der Waals surface area contributed by atoms with Crippen LogP contribution in [0.2, 0.25) is 5.02 Å². The van der Waals surface area contributed by atoms with Crippen LogP contribution < -0.4 is 0 Å². The van der Waals surface area contributed by atoms with Crippen LogP contribution in [0.15, 0.2) is 30.3 Å². The largest absolute Gasteiger partial charge is 0.469 e. The molecule has 2 rings (SSSR count). The number of carbonyl (C=O) groups is 2. The van der Waals surface area contributed by atoms with Crippen LogP contribution in [0.4, 0.5) is 0 Å². The van der Waals surface area contributed by atoms with E-state index in [1.165, 1.54) is 7.11 Å². The molecule has 0 aliphatic carbocycles. The molecule has 0 bridgehead atoms. The fourth-order valence-corrected chi connectivity index (χ4v) is 3.11. The Bertz CT molecular complexity index is 799. The van der Waals surface area contributed by atoms with E-state index in [-0.39, 0.29) is 24.8 Å². The zero-order chi connectivity index (χ0) is 20.0. The monoisotopic (exact) mass is 392 g/mol. The number of esters is 1. The first-order chi connectivity index (χ1) is 12.9. The topological polar surface area (TPSA) is 60.8 Å². The molecule has 0 aliphatic rings. The summed E-state index contributed by atoms with van der Waals surface area (Å²) in [5, 5.41) is 0.658. The van der Waals surface area contributed by atoms with Gasteiger partial charge in [0.15, 0.2) is 0 Å². The number of amides is 1. The lowest BCUT2D eigenvalue weighted by Gasteiger charge is -2.22. The van der Waals surface area contributed by atoms with Gasteiger partial charge in [-0.1, -0.05) is 11.6 Å². The number of ether oxygens (including phenoxy) is 2. The molecule has 0 spiro atoms. The number of aromatic nitrogens is 1. The van der Waals surface area contributed by atoms with Crippen molar-refractivity contribution in [3.63, 3.8) is 0 Å². The summed E-state index contributed by atoms with van der Waals surface area (Å²) in [6, 6.07) is 9.33. The highest BCUT2D eigenvalue weighted by Gasteiger charge is 2.22. The van der Waals surface area contributed by atoms with Crippen molar-refractivity contribution in [3.05, 3.63) is 52.3 Å². The Balaban J connectivity index is 2.30. The molecule has 1 amide bonds. The first kappa shape index (κ1) is 21.0. The van der Waals surface area contributed by atoms with Crippen molar-refractivity contribution in [3.8, 4) is 5.69 Å². The van der Waals surface area contributed by atoms with Gasteiger partial charge < -0.3 is 18.9 Å². The van der Waals surface area contributed by atoms with Crippen LogP contribution in [0, 0.1) is 13.8 Å². The second-order valence-corrected chi connectivity index (χ2v) is 6.64. The number of hydrogen-bond donors (Lipinski definition) is 0. The number of aryl methyl sites for hydroxylation is 1. The third kappa shape index (κ3) is 5.11. The number of nitrogens with zero attached hydrogens (tertiary/aromatic N) is 2. The third-order valence-corrected chi connectivity index (χ3v) is 4.66. The predicted molar refractivity (Wildman–Crippen MR) is 105 cm³/mol. The average Bonchev–Trinajstić information content (AvgIpc) is 2.96. The average molecular weight is 393 g/mol. The highest BCUT2D eigenvalue weighted by atomic mass is 35.5. The van der Waals surface area contributed by atoms with E-state index in [0.717, 1.165) is 17.1 Å². The first-order valence-corrected chi connectivity index (χ1v) is 9.06. The summed E-state index contributed by atoms with van der Waals surface area (Å²) in [6.45, 7) is 4.93. The van der Waals surface area contributed by atoms with Gasteiger partial charge in [0.25, 0.3) is 5.91 Å². The molecular formula is C20H25ClN2O4. The fraction of sp³-hybridized carbons (Fsp3) is 0.400. The summed E-state index contributed by atoms with van der Waals surface area (Å²) in [7, 11) is 2.92. The first-order valence-electron chi connectivity index (χ1n) is 8.69. The molecule has 27 heavy (non-hydrogen) atoms. The SMILES string of the molecule is COCCN(CCC(=O)OC)C(=O)c1cc(C)n(-c2ccc(Cl)cc2)c1C. The normalized spacial score (nSPS) is 10.7. The smallest absolute Gasteiger partial charge is 0.307 e. The Morgan fingerprint density at radius 1 is 1.11 bits per heavy atom. The minimum Gasteiger partial charge on any atom is -0.469 e. The van der Waals surface area contributed by atoms with Gasteiger partial charge in [-0.2, -0.15) is 0 Å². The maximum Gasteiger partial charge on any atom is 0.307 e. The maximum atomic E-state index is 13.1. The van der Waals surface area contributed by atoms with E-state index >= 15 is 0 Å². The highest BCUT2D eigenvalue weighted by Crippen LogP contribution is 2.23. The van der Waals surface area contributed by atoms with Gasteiger partial charge in [-0.25, -0.2) is 0 Å². The van der Waals surface area contributed by atoms with Gasteiger partial charge in [0.2, 0.25) is 0 Å². The second kappa shape index (κ2) is 9.58. The van der Waals surface area contributed by atoms with Gasteiger partial charge in [-0.3, -0.25) is 9.59 Å². The molecule has 0 radical (unpaired) electrons. The lowest BCUT2D eigenvalue weighted by Crippen LogP contribution is -2.36. The van der Waals surface area contributed by atoms with Crippen molar-refractivity contribution >= 4 is 23.5 Å². The number of benzene rings is 1. The highest BCUT2D eigenvalue weighted by molar-refractivity contribution is 6.30. The van der Waals surface area contributed by atoms with E-state index in [4.69, 9.17) is 16.3 Å². The number of carbonyl (C=O) groups excluding carboxylic acids is 2. The van der Waals surface area contributed by atoms with Crippen molar-refractivity contribution in [1.82, 2.24) is 9.47 Å². The molecule has 1 aromatic heterocycles. The Morgan fingerprint density at radius 2 is 1.78 bits per heavy atom. The summed E-state index contributed by atoms with van der Waals surface area (Å²) in [4.78, 5) is 26.2. The number of methoxy groups -OCH3 is 2. The number of hydrogen-bond acceptors (Lipinski definition) is 4. The van der Waals surface area contributed by atoms with Gasteiger partial charge in [0.1, 0.15) is 0 Å². The van der Waals surface area contributed by atoms with E-state index in [9.17, 15) is 9.59 Å². The van der Waals surface area contributed by atoms with Crippen molar-refractivity contribution in [2.24, 2.45) is 0 Å². The third-order valence-electron chi connectivity index (χ3n) is 4.41. The van der Waals surface area contributed by atoms with Crippen LogP contribution in [0.5, 0.6) is 0 Å². The minimum atomic E-state index is -0.350. The van der Waals surface area contributed by atoms with Crippen LogP contribution in [-0.2, 0) is 14.3 Å². The molecule has 0 fully saturated rings. The molecule has 0 N–H and O–H groups in total. The molecular weight excluding hydrogens is 368 g/mol. The summed E-state index contributed by atoms with van der Waals surface area (Å²) in [5.74, 6) is -0.485. The Hall–Kier alpha value is -2.31.